The van der Waals surface area contributed by atoms with Crippen LogP contribution in [0.1, 0.15) is 15.3 Å². The molecule has 2 heterocycles. The van der Waals surface area contributed by atoms with Crippen molar-refractivity contribution in [2.75, 3.05) is 0 Å². The van der Waals surface area contributed by atoms with Gasteiger partial charge in [-0.1, -0.05) is 0 Å². The normalized spacial score (nSPS) is 10.8. The van der Waals surface area contributed by atoms with Crippen LogP contribution >= 0.6 is 38.8 Å². The first kappa shape index (κ1) is 11.3. The van der Waals surface area contributed by atoms with Gasteiger partial charge in [-0.3, -0.25) is 0 Å². The molecule has 2 aromatic heterocycles. The monoisotopic (exact) mass is 302 g/mol. The van der Waals surface area contributed by atoms with Crippen LogP contribution in [0, 0.1) is 6.92 Å². The van der Waals surface area contributed by atoms with Crippen molar-refractivity contribution in [1.82, 2.24) is 9.69 Å². The van der Waals surface area contributed by atoms with E-state index in [1.165, 1.54) is 26.9 Å². The molecule has 1 N–H and O–H groups in total. The second-order valence-electron chi connectivity index (χ2n) is 3.23. The van der Waals surface area contributed by atoms with Gasteiger partial charge < -0.3 is 5.32 Å². The van der Waals surface area contributed by atoms with Crippen molar-refractivity contribution in [2.24, 2.45) is 0 Å². The number of aromatic nitrogens is 1. The van der Waals surface area contributed by atoms with E-state index in [9.17, 15) is 0 Å². The van der Waals surface area contributed by atoms with Gasteiger partial charge in [0.15, 0.2) is 0 Å². The molecular weight excluding hydrogens is 292 g/mol. The molecule has 0 radical (unpaired) electrons. The minimum Gasteiger partial charge on any atom is -0.307 e. The summed E-state index contributed by atoms with van der Waals surface area (Å²) >= 11 is 6.81. The van der Waals surface area contributed by atoms with Gasteiger partial charge in [0, 0.05) is 18.0 Å². The molecule has 0 atom stereocenters. The van der Waals surface area contributed by atoms with Crippen molar-refractivity contribution in [3.05, 3.63) is 37.4 Å². The largest absolute Gasteiger partial charge is 0.307 e. The molecule has 0 aliphatic heterocycles. The van der Waals surface area contributed by atoms with Crippen molar-refractivity contribution in [3.63, 3.8) is 0 Å². The molecule has 0 saturated carbocycles. The van der Waals surface area contributed by atoms with Crippen LogP contribution in [0.15, 0.2) is 22.1 Å². The number of halogens is 1. The van der Waals surface area contributed by atoms with Gasteiger partial charge in [0.25, 0.3) is 0 Å². The summed E-state index contributed by atoms with van der Waals surface area (Å²) < 4.78 is 5.21. The molecule has 80 valence electrons. The first-order chi connectivity index (χ1) is 7.27. The average Bonchev–Trinajstić information content (AvgIpc) is 2.78. The van der Waals surface area contributed by atoms with Crippen LogP contribution in [-0.2, 0) is 13.1 Å². The van der Waals surface area contributed by atoms with E-state index in [0.29, 0.717) is 0 Å². The molecule has 0 aromatic carbocycles. The van der Waals surface area contributed by atoms with E-state index in [-0.39, 0.29) is 0 Å². The van der Waals surface area contributed by atoms with Crippen molar-refractivity contribution >= 4 is 38.8 Å². The summed E-state index contributed by atoms with van der Waals surface area (Å²) in [4.78, 5) is 2.67. The molecule has 15 heavy (non-hydrogen) atoms. The lowest BCUT2D eigenvalue weighted by Crippen LogP contribution is -2.11. The van der Waals surface area contributed by atoms with Gasteiger partial charge in [-0.05, 0) is 51.4 Å². The summed E-state index contributed by atoms with van der Waals surface area (Å²) in [5.41, 5.74) is 1.37. The fourth-order valence-electron chi connectivity index (χ4n) is 1.24. The Balaban J connectivity index is 1.86. The lowest BCUT2D eigenvalue weighted by molar-refractivity contribution is 0.705. The molecule has 0 fully saturated rings. The van der Waals surface area contributed by atoms with Gasteiger partial charge in [-0.15, -0.1) is 11.3 Å². The molecule has 2 rings (SSSR count). The Morgan fingerprint density at radius 2 is 2.20 bits per heavy atom. The van der Waals surface area contributed by atoms with Gasteiger partial charge in [0.2, 0.25) is 0 Å². The van der Waals surface area contributed by atoms with Crippen LogP contribution < -0.4 is 5.32 Å². The molecule has 0 unspecified atom stereocenters. The lowest BCUT2D eigenvalue weighted by atomic mass is 10.3. The van der Waals surface area contributed by atoms with Crippen molar-refractivity contribution in [3.8, 4) is 0 Å². The number of thiophene rings is 1. The third kappa shape index (κ3) is 2.87. The number of nitrogens with zero attached hydrogens (tertiary/aromatic N) is 1. The molecule has 5 heteroatoms. The van der Waals surface area contributed by atoms with Gasteiger partial charge in [0.05, 0.1) is 15.5 Å². The highest BCUT2D eigenvalue weighted by Gasteiger charge is 2.03. The number of aryl methyl sites for hydroxylation is 1. The maximum Gasteiger partial charge on any atom is 0.0552 e. The van der Waals surface area contributed by atoms with E-state index < -0.39 is 0 Å². The molecule has 0 aliphatic carbocycles. The Morgan fingerprint density at radius 1 is 1.40 bits per heavy atom. The molecule has 0 spiro atoms. The predicted molar refractivity (Wildman–Crippen MR) is 69.4 cm³/mol. The Labute approximate surface area is 106 Å². The first-order valence-corrected chi connectivity index (χ1v) is 7.04. The lowest BCUT2D eigenvalue weighted by Gasteiger charge is -2.02. The molecule has 2 nitrogen and oxygen atoms in total. The predicted octanol–water partition coefficient (Wildman–Crippen LogP) is 3.57. The summed E-state index contributed by atoms with van der Waals surface area (Å²) in [5.74, 6) is 0. The number of nitrogens with one attached hydrogen (secondary N) is 1. The van der Waals surface area contributed by atoms with Gasteiger partial charge in [-0.25, -0.2) is 0 Å². The zero-order valence-corrected chi connectivity index (χ0v) is 11.5. The average molecular weight is 303 g/mol. The molecule has 0 bridgehead atoms. The number of rotatable bonds is 4. The first-order valence-electron chi connectivity index (χ1n) is 4.60. The highest BCUT2D eigenvalue weighted by atomic mass is 79.9. The molecule has 0 aliphatic rings. The number of hydrogen-bond acceptors (Lipinski definition) is 4. The summed E-state index contributed by atoms with van der Waals surface area (Å²) in [7, 11) is 0. The van der Waals surface area contributed by atoms with Crippen molar-refractivity contribution in [1.29, 1.82) is 0 Å². The van der Waals surface area contributed by atoms with E-state index in [2.05, 4.69) is 44.0 Å². The van der Waals surface area contributed by atoms with Crippen LogP contribution in [0.5, 0.6) is 0 Å². The summed E-state index contributed by atoms with van der Waals surface area (Å²) in [5, 5.41) is 5.56. The maximum absolute atomic E-state index is 4.11. The zero-order chi connectivity index (χ0) is 10.7. The molecule has 0 saturated heterocycles. The van der Waals surface area contributed by atoms with Crippen LogP contribution in [0.2, 0.25) is 0 Å². The number of hydrogen-bond donors (Lipinski definition) is 1. The zero-order valence-electron chi connectivity index (χ0n) is 8.29. The Hall–Kier alpha value is -0.230. The highest BCUT2D eigenvalue weighted by molar-refractivity contribution is 9.10. The minimum atomic E-state index is 0.878. The minimum absolute atomic E-state index is 0.878. The Bertz CT molecular complexity index is 396. The third-order valence-electron chi connectivity index (χ3n) is 2.13. The summed E-state index contributed by atoms with van der Waals surface area (Å²) in [6.07, 6.45) is 1.85. The van der Waals surface area contributed by atoms with Crippen LogP contribution in [0.3, 0.4) is 0 Å². The van der Waals surface area contributed by atoms with Gasteiger partial charge >= 0.3 is 0 Å². The topological polar surface area (TPSA) is 24.9 Å². The van der Waals surface area contributed by atoms with Gasteiger partial charge in [0.1, 0.15) is 0 Å². The van der Waals surface area contributed by atoms with E-state index in [1.807, 2.05) is 6.20 Å². The fraction of sp³-hybridized carbons (Fsp3) is 0.300. The molecule has 0 amide bonds. The van der Waals surface area contributed by atoms with Gasteiger partial charge in [-0.2, -0.15) is 4.37 Å². The quantitative estimate of drug-likeness (QED) is 0.934. The van der Waals surface area contributed by atoms with E-state index in [4.69, 9.17) is 0 Å². The standard InChI is InChI=1S/C10H11BrN2S2/c1-7-2-3-14-9(7)5-12-6-10-8(11)4-13-15-10/h2-4,12H,5-6H2,1H3. The molecule has 2 aromatic rings. The SMILES string of the molecule is Cc1ccsc1CNCc1sncc1Br. The second kappa shape index (κ2) is 5.21. The van der Waals surface area contributed by atoms with Crippen molar-refractivity contribution < 1.29 is 0 Å². The van der Waals surface area contributed by atoms with Crippen LogP contribution in [0.25, 0.3) is 0 Å². The van der Waals surface area contributed by atoms with E-state index in [1.54, 1.807) is 11.3 Å². The molecular formula is C10H11BrN2S2. The van der Waals surface area contributed by atoms with Crippen LogP contribution in [0.4, 0.5) is 0 Å². The smallest absolute Gasteiger partial charge is 0.0552 e. The summed E-state index contributed by atoms with van der Waals surface area (Å²) in [6.45, 7) is 3.96. The highest BCUT2D eigenvalue weighted by Crippen LogP contribution is 2.20. The summed E-state index contributed by atoms with van der Waals surface area (Å²) in [6, 6.07) is 2.16. The van der Waals surface area contributed by atoms with Crippen molar-refractivity contribution in [2.45, 2.75) is 20.0 Å². The Morgan fingerprint density at radius 3 is 2.80 bits per heavy atom. The Kier molecular flexibility index (Phi) is 3.91. The van der Waals surface area contributed by atoms with E-state index in [0.717, 1.165) is 17.6 Å². The third-order valence-corrected chi connectivity index (χ3v) is 4.90. The maximum atomic E-state index is 4.11. The van der Waals surface area contributed by atoms with Crippen LogP contribution in [-0.4, -0.2) is 4.37 Å². The fourth-order valence-corrected chi connectivity index (χ4v) is 3.31. The second-order valence-corrected chi connectivity index (χ2v) is 5.97. The van der Waals surface area contributed by atoms with E-state index >= 15 is 0 Å².